The minimum absolute atomic E-state index is 0.143. The third kappa shape index (κ3) is 2.70. The van der Waals surface area contributed by atoms with E-state index < -0.39 is 53.5 Å². The fourth-order valence-corrected chi connectivity index (χ4v) is 3.56. The Morgan fingerprint density at radius 1 is 1.36 bits per heavy atom. The van der Waals surface area contributed by atoms with Gasteiger partial charge in [0.2, 0.25) is 11.4 Å². The lowest BCUT2D eigenvalue weighted by atomic mass is 9.77. The summed E-state index contributed by atoms with van der Waals surface area (Å²) in [7, 11) is 2.51. The number of imide groups is 1. The third-order valence-electron chi connectivity index (χ3n) is 4.78. The van der Waals surface area contributed by atoms with E-state index in [1.807, 2.05) is 0 Å². The van der Waals surface area contributed by atoms with Gasteiger partial charge in [-0.05, 0) is 27.7 Å². The van der Waals surface area contributed by atoms with Crippen LogP contribution in [0, 0.1) is 5.92 Å². The van der Waals surface area contributed by atoms with E-state index in [0.29, 0.717) is 4.90 Å². The molecule has 0 saturated carbocycles. The number of amides is 2. The molecule has 9 nitrogen and oxygen atoms in total. The van der Waals surface area contributed by atoms with Gasteiger partial charge in [-0.3, -0.25) is 4.79 Å². The summed E-state index contributed by atoms with van der Waals surface area (Å²) in [5.74, 6) is -2.50. The molecule has 0 aromatic carbocycles. The van der Waals surface area contributed by atoms with Gasteiger partial charge in [-0.2, -0.15) is 0 Å². The lowest BCUT2D eigenvalue weighted by Gasteiger charge is -2.42. The molecule has 0 bridgehead atoms. The lowest BCUT2D eigenvalue weighted by Crippen LogP contribution is -2.68. The van der Waals surface area contributed by atoms with E-state index >= 15 is 0 Å². The summed E-state index contributed by atoms with van der Waals surface area (Å²) in [6.07, 6.45) is -1.63. The first kappa shape index (κ1) is 19.6. The van der Waals surface area contributed by atoms with Gasteiger partial charge >= 0.3 is 12.1 Å². The molecule has 2 amide bonds. The van der Waals surface area contributed by atoms with Gasteiger partial charge in [-0.25, -0.2) is 14.5 Å². The average molecular weight is 359 g/mol. The molecule has 0 aliphatic carbocycles. The fraction of sp³-hybridized carbons (Fsp3) is 0.812. The molecule has 1 N–H and O–H groups in total. The van der Waals surface area contributed by atoms with Gasteiger partial charge in [-0.1, -0.05) is 0 Å². The molecular weight excluding hydrogens is 334 g/mol. The summed E-state index contributed by atoms with van der Waals surface area (Å²) in [6, 6.07) is 0. The van der Waals surface area contributed by atoms with Crippen LogP contribution < -0.4 is 0 Å². The number of rotatable bonds is 3. The molecule has 0 aromatic rings. The molecule has 2 aliphatic heterocycles. The van der Waals surface area contributed by atoms with Crippen molar-refractivity contribution in [3.63, 3.8) is 0 Å². The highest BCUT2D eigenvalue weighted by Crippen LogP contribution is 2.53. The van der Waals surface area contributed by atoms with Gasteiger partial charge in [0.1, 0.15) is 11.2 Å². The molecule has 142 valence electrons. The number of aliphatic hydroxyl groups is 1. The smallest absolute Gasteiger partial charge is 0.418 e. The van der Waals surface area contributed by atoms with Crippen molar-refractivity contribution in [2.45, 2.75) is 57.1 Å². The van der Waals surface area contributed by atoms with Gasteiger partial charge in [-0.15, -0.1) is 0 Å². The highest BCUT2D eigenvalue weighted by molar-refractivity contribution is 6.05. The van der Waals surface area contributed by atoms with E-state index in [4.69, 9.17) is 18.9 Å². The normalized spacial score (nSPS) is 34.8. The summed E-state index contributed by atoms with van der Waals surface area (Å²) in [4.78, 5) is 38.9. The molecular formula is C16H25NO8. The molecule has 0 aromatic heterocycles. The maximum Gasteiger partial charge on any atom is 0.418 e. The number of esters is 1. The van der Waals surface area contributed by atoms with Crippen molar-refractivity contribution in [2.24, 2.45) is 5.92 Å². The quantitative estimate of drug-likeness (QED) is 0.722. The Morgan fingerprint density at radius 3 is 2.40 bits per heavy atom. The first-order valence-corrected chi connectivity index (χ1v) is 7.95. The third-order valence-corrected chi connectivity index (χ3v) is 4.78. The summed E-state index contributed by atoms with van der Waals surface area (Å²) < 4.78 is 21.0. The Bertz CT molecular complexity index is 585. The van der Waals surface area contributed by atoms with Crippen molar-refractivity contribution in [1.29, 1.82) is 0 Å². The number of ether oxygens (including phenoxy) is 4. The van der Waals surface area contributed by atoms with Crippen LogP contribution in [0.1, 0.15) is 34.1 Å². The Labute approximate surface area is 146 Å². The number of fused-ring (bicyclic) bond motifs is 1. The SMILES string of the molecule is COC(=O)[C@]1(CO)N(C(=O)OC(C)(C)C)C(=O)[C@@H]2C[C@H](OC)O[C@@]21C. The number of aliphatic hydroxyl groups excluding tert-OH is 1. The van der Waals surface area contributed by atoms with Gasteiger partial charge in [0.15, 0.2) is 6.29 Å². The summed E-state index contributed by atoms with van der Waals surface area (Å²) in [5, 5.41) is 10.1. The number of carbonyl (C=O) groups excluding carboxylic acids is 3. The van der Waals surface area contributed by atoms with Crippen molar-refractivity contribution in [2.75, 3.05) is 20.8 Å². The zero-order valence-corrected chi connectivity index (χ0v) is 15.3. The average Bonchev–Trinajstić information content (AvgIpc) is 2.94. The van der Waals surface area contributed by atoms with Crippen LogP contribution in [0.5, 0.6) is 0 Å². The van der Waals surface area contributed by atoms with Gasteiger partial charge in [0, 0.05) is 13.5 Å². The van der Waals surface area contributed by atoms with Crippen LogP contribution in [0.15, 0.2) is 0 Å². The molecule has 0 radical (unpaired) electrons. The standard InChI is InChI=1S/C16H25NO8/c1-14(2,3)25-13(21)17-11(19)9-7-10(22-5)24-15(9,4)16(17,8-18)12(20)23-6/h9-10,18H,7-8H2,1-6H3/t9-,10+,15-,16-/m0/s1. The van der Waals surface area contributed by atoms with Crippen LogP contribution >= 0.6 is 0 Å². The highest BCUT2D eigenvalue weighted by atomic mass is 16.7. The molecule has 0 unspecified atom stereocenters. The zero-order valence-electron chi connectivity index (χ0n) is 15.3. The topological polar surface area (TPSA) is 112 Å². The van der Waals surface area contributed by atoms with Crippen LogP contribution in [0.2, 0.25) is 0 Å². The molecule has 4 atom stereocenters. The van der Waals surface area contributed by atoms with Crippen LogP contribution in [0.3, 0.4) is 0 Å². The second-order valence-electron chi connectivity index (χ2n) is 7.34. The van der Waals surface area contributed by atoms with Gasteiger partial charge in [0.25, 0.3) is 0 Å². The molecule has 2 rings (SSSR count). The summed E-state index contributed by atoms with van der Waals surface area (Å²) in [6.45, 7) is 5.51. The van der Waals surface area contributed by atoms with Crippen molar-refractivity contribution in [1.82, 2.24) is 4.90 Å². The molecule has 2 fully saturated rings. The lowest BCUT2D eigenvalue weighted by molar-refractivity contribution is -0.205. The van der Waals surface area contributed by atoms with Crippen LogP contribution in [0.25, 0.3) is 0 Å². The second kappa shape index (κ2) is 6.22. The zero-order chi connectivity index (χ0) is 19.2. The van der Waals surface area contributed by atoms with Gasteiger partial charge in [0.05, 0.1) is 19.6 Å². The first-order valence-electron chi connectivity index (χ1n) is 7.95. The highest BCUT2D eigenvalue weighted by Gasteiger charge is 2.76. The molecule has 2 aliphatic rings. The number of hydrogen-bond donors (Lipinski definition) is 1. The minimum Gasteiger partial charge on any atom is -0.467 e. The Kier molecular flexibility index (Phi) is 4.88. The van der Waals surface area contributed by atoms with Gasteiger partial charge < -0.3 is 24.1 Å². The van der Waals surface area contributed by atoms with E-state index in [-0.39, 0.29) is 6.42 Å². The van der Waals surface area contributed by atoms with Crippen LogP contribution in [0.4, 0.5) is 4.79 Å². The monoisotopic (exact) mass is 359 g/mol. The van der Waals surface area contributed by atoms with E-state index in [1.165, 1.54) is 14.0 Å². The molecule has 2 saturated heterocycles. The number of hydrogen-bond acceptors (Lipinski definition) is 8. The Morgan fingerprint density at radius 2 is 1.96 bits per heavy atom. The van der Waals surface area contributed by atoms with Crippen LogP contribution in [-0.2, 0) is 28.5 Å². The van der Waals surface area contributed by atoms with Crippen LogP contribution in [-0.4, -0.2) is 71.8 Å². The first-order chi connectivity index (χ1) is 11.5. The molecule has 25 heavy (non-hydrogen) atoms. The molecule has 0 spiro atoms. The number of methoxy groups -OCH3 is 2. The number of likely N-dealkylation sites (tertiary alicyclic amines) is 1. The summed E-state index contributed by atoms with van der Waals surface area (Å²) >= 11 is 0. The maximum absolute atomic E-state index is 12.9. The van der Waals surface area contributed by atoms with E-state index in [2.05, 4.69) is 0 Å². The Balaban J connectivity index is 2.58. The predicted octanol–water partition coefficient (Wildman–Crippen LogP) is 0.436. The molecule has 2 heterocycles. The fourth-order valence-electron chi connectivity index (χ4n) is 3.56. The molecule has 9 heteroatoms. The van der Waals surface area contributed by atoms with Crippen molar-refractivity contribution in [3.8, 4) is 0 Å². The Hall–Kier alpha value is -1.71. The minimum atomic E-state index is -2.06. The number of nitrogens with zero attached hydrogens (tertiary/aromatic N) is 1. The predicted molar refractivity (Wildman–Crippen MR) is 83.3 cm³/mol. The largest absolute Gasteiger partial charge is 0.467 e. The van der Waals surface area contributed by atoms with E-state index in [1.54, 1.807) is 20.8 Å². The second-order valence-corrected chi connectivity index (χ2v) is 7.34. The van der Waals surface area contributed by atoms with Crippen molar-refractivity contribution >= 4 is 18.0 Å². The maximum atomic E-state index is 12.9. The summed E-state index contributed by atoms with van der Waals surface area (Å²) in [5.41, 5.74) is -4.47. The number of carbonyl (C=O) groups is 3. The van der Waals surface area contributed by atoms with E-state index in [9.17, 15) is 19.5 Å². The van der Waals surface area contributed by atoms with Crippen molar-refractivity contribution < 1.29 is 38.4 Å². The van der Waals surface area contributed by atoms with Crippen molar-refractivity contribution in [3.05, 3.63) is 0 Å². The van der Waals surface area contributed by atoms with E-state index in [0.717, 1.165) is 7.11 Å².